The summed E-state index contributed by atoms with van der Waals surface area (Å²) in [4.78, 5) is 48.0. The van der Waals surface area contributed by atoms with Gasteiger partial charge in [-0.25, -0.2) is 19.4 Å². The van der Waals surface area contributed by atoms with E-state index >= 15 is 0 Å². The minimum Gasteiger partial charge on any atom is -0.340 e. The monoisotopic (exact) mass is 425 g/mol. The van der Waals surface area contributed by atoms with Crippen LogP contribution in [0.15, 0.2) is 30.3 Å². The Labute approximate surface area is 172 Å². The quantitative estimate of drug-likeness (QED) is 0.533. The van der Waals surface area contributed by atoms with Crippen LogP contribution in [0, 0.1) is 0 Å². The van der Waals surface area contributed by atoms with Crippen LogP contribution in [0.2, 0.25) is 0 Å². The molecule has 2 saturated heterocycles. The van der Waals surface area contributed by atoms with Gasteiger partial charge in [-0.15, -0.1) is 11.8 Å². The van der Waals surface area contributed by atoms with Crippen molar-refractivity contribution in [3.63, 3.8) is 0 Å². The highest BCUT2D eigenvalue weighted by Crippen LogP contribution is 2.15. The summed E-state index contributed by atoms with van der Waals surface area (Å²) in [5, 5.41) is 5.36. The summed E-state index contributed by atoms with van der Waals surface area (Å²) in [6.07, 6.45) is -0.452. The van der Waals surface area contributed by atoms with Crippen LogP contribution in [-0.4, -0.2) is 71.2 Å². The van der Waals surface area contributed by atoms with Gasteiger partial charge in [0.1, 0.15) is 11.4 Å². The molecular weight excluding hydrogens is 402 g/mol. The molecule has 0 spiro atoms. The lowest BCUT2D eigenvalue weighted by Gasteiger charge is -2.24. The zero-order chi connectivity index (χ0) is 19.8. The van der Waals surface area contributed by atoms with Crippen molar-refractivity contribution < 1.29 is 24.2 Å². The lowest BCUT2D eigenvalue weighted by Crippen LogP contribution is -2.49. The zero-order valence-electron chi connectivity index (χ0n) is 15.3. The van der Waals surface area contributed by atoms with E-state index in [4.69, 9.17) is 9.78 Å². The van der Waals surface area contributed by atoms with Crippen LogP contribution in [0.25, 0.3) is 0 Å². The van der Waals surface area contributed by atoms with Gasteiger partial charge in [-0.3, -0.25) is 10.1 Å². The number of amides is 2. The number of thioether (sulfide) groups is 2. The molecule has 3 rings (SSSR count). The number of nitrogens with one attached hydrogen (secondary N) is 2. The average molecular weight is 426 g/mol. The van der Waals surface area contributed by atoms with Crippen molar-refractivity contribution >= 4 is 41.5 Å². The molecule has 8 nitrogen and oxygen atoms in total. The molecule has 2 N–H and O–H groups in total. The number of hydrogen-bond acceptors (Lipinski definition) is 8. The molecule has 0 unspecified atom stereocenters. The van der Waals surface area contributed by atoms with E-state index in [0.717, 1.165) is 29.4 Å². The first kappa shape index (κ1) is 20.8. The maximum Gasteiger partial charge on any atom is 0.453 e. The fourth-order valence-electron chi connectivity index (χ4n) is 2.82. The molecule has 2 amide bonds. The summed E-state index contributed by atoms with van der Waals surface area (Å²) in [5.41, 5.74) is 0.858. The Morgan fingerprint density at radius 3 is 2.57 bits per heavy atom. The van der Waals surface area contributed by atoms with Crippen molar-refractivity contribution in [3.05, 3.63) is 35.9 Å². The molecule has 2 fully saturated rings. The Morgan fingerprint density at radius 2 is 1.89 bits per heavy atom. The van der Waals surface area contributed by atoms with Crippen molar-refractivity contribution in [2.75, 3.05) is 36.9 Å². The largest absolute Gasteiger partial charge is 0.453 e. The number of nitrogens with zero attached hydrogens (tertiary/aromatic N) is 1. The Hall–Kier alpha value is -1.91. The molecular formula is C18H23N3O5S2. The molecule has 2 aliphatic heterocycles. The highest BCUT2D eigenvalue weighted by atomic mass is 32.2. The van der Waals surface area contributed by atoms with E-state index in [0.29, 0.717) is 13.1 Å². The van der Waals surface area contributed by atoms with Gasteiger partial charge in [-0.2, -0.15) is 11.8 Å². The molecule has 1 aromatic rings. The number of hydrogen-bond donors (Lipinski definition) is 2. The third-order valence-electron chi connectivity index (χ3n) is 4.30. The van der Waals surface area contributed by atoms with Gasteiger partial charge in [-0.1, -0.05) is 30.3 Å². The second-order valence-electron chi connectivity index (χ2n) is 6.31. The Balaban J connectivity index is 1.58. The molecule has 1 aromatic carbocycles. The first-order valence-electron chi connectivity index (χ1n) is 9.08. The third kappa shape index (κ3) is 6.05. The maximum atomic E-state index is 12.5. The number of benzene rings is 1. The molecule has 28 heavy (non-hydrogen) atoms. The van der Waals surface area contributed by atoms with Crippen LogP contribution in [0.3, 0.4) is 0 Å². The molecule has 2 aliphatic rings. The molecule has 0 aromatic heterocycles. The van der Waals surface area contributed by atoms with Gasteiger partial charge in [0.05, 0.1) is 0 Å². The topological polar surface area (TPSA) is 97.0 Å². The SMILES string of the molecule is O=C(OOC(=O)N1CCSCC1)[C@H](Cc1ccccc1)NC(=O)[C@H]1NCCS1. The first-order valence-corrected chi connectivity index (χ1v) is 11.3. The summed E-state index contributed by atoms with van der Waals surface area (Å²) in [5.74, 6) is 1.38. The Morgan fingerprint density at radius 1 is 1.14 bits per heavy atom. The Bertz CT molecular complexity index is 679. The second-order valence-corrected chi connectivity index (χ2v) is 8.74. The van der Waals surface area contributed by atoms with Gasteiger partial charge in [0.15, 0.2) is 0 Å². The maximum absolute atomic E-state index is 12.5. The molecule has 0 bridgehead atoms. The first-order chi connectivity index (χ1) is 13.6. The normalized spacial score (nSPS) is 20.3. The van der Waals surface area contributed by atoms with Gasteiger partial charge in [0, 0.05) is 43.3 Å². The van der Waals surface area contributed by atoms with Crippen LogP contribution in [0.5, 0.6) is 0 Å². The van der Waals surface area contributed by atoms with E-state index in [9.17, 15) is 14.4 Å². The number of rotatable bonds is 5. The van der Waals surface area contributed by atoms with Crippen molar-refractivity contribution in [2.45, 2.75) is 17.8 Å². The van der Waals surface area contributed by atoms with Crippen LogP contribution < -0.4 is 10.6 Å². The minimum absolute atomic E-state index is 0.237. The van der Waals surface area contributed by atoms with Crippen LogP contribution >= 0.6 is 23.5 Å². The van der Waals surface area contributed by atoms with E-state index in [1.165, 1.54) is 16.7 Å². The minimum atomic E-state index is -0.956. The average Bonchev–Trinajstić information content (AvgIpc) is 3.28. The molecule has 152 valence electrons. The highest BCUT2D eigenvalue weighted by Gasteiger charge is 2.30. The summed E-state index contributed by atoms with van der Waals surface area (Å²) < 4.78 is 0. The van der Waals surface area contributed by atoms with Crippen LogP contribution in [-0.2, 0) is 25.8 Å². The number of carbonyl (C=O) groups is 3. The summed E-state index contributed by atoms with van der Waals surface area (Å²) in [6.45, 7) is 1.84. The molecule has 0 radical (unpaired) electrons. The third-order valence-corrected chi connectivity index (χ3v) is 6.40. The van der Waals surface area contributed by atoms with Crippen molar-refractivity contribution in [3.8, 4) is 0 Å². The predicted molar refractivity (Wildman–Crippen MR) is 108 cm³/mol. The van der Waals surface area contributed by atoms with E-state index in [2.05, 4.69) is 10.6 Å². The predicted octanol–water partition coefficient (Wildman–Crippen LogP) is 1.02. The summed E-state index contributed by atoms with van der Waals surface area (Å²) >= 11 is 3.23. The summed E-state index contributed by atoms with van der Waals surface area (Å²) in [6, 6.07) is 8.32. The fourth-order valence-corrected chi connectivity index (χ4v) is 4.65. The van der Waals surface area contributed by atoms with Crippen molar-refractivity contribution in [2.24, 2.45) is 0 Å². The van der Waals surface area contributed by atoms with E-state index in [-0.39, 0.29) is 12.3 Å². The smallest absolute Gasteiger partial charge is 0.340 e. The van der Waals surface area contributed by atoms with Gasteiger partial charge >= 0.3 is 12.1 Å². The van der Waals surface area contributed by atoms with E-state index in [1.54, 1.807) is 11.8 Å². The molecule has 2 heterocycles. The van der Waals surface area contributed by atoms with Crippen LogP contribution in [0.4, 0.5) is 4.79 Å². The molecule has 0 saturated carbocycles. The molecule has 10 heteroatoms. The lowest BCUT2D eigenvalue weighted by atomic mass is 10.1. The molecule has 0 aliphatic carbocycles. The van der Waals surface area contributed by atoms with Crippen LogP contribution in [0.1, 0.15) is 5.56 Å². The zero-order valence-corrected chi connectivity index (χ0v) is 16.9. The highest BCUT2D eigenvalue weighted by molar-refractivity contribution is 8.00. The number of carbonyl (C=O) groups excluding carboxylic acids is 3. The molecule has 2 atom stereocenters. The van der Waals surface area contributed by atoms with Crippen molar-refractivity contribution in [1.82, 2.24) is 15.5 Å². The second kappa shape index (κ2) is 10.6. The van der Waals surface area contributed by atoms with Gasteiger partial charge in [-0.05, 0) is 5.56 Å². The summed E-state index contributed by atoms with van der Waals surface area (Å²) in [7, 11) is 0. The fraction of sp³-hybridized carbons (Fsp3) is 0.500. The van der Waals surface area contributed by atoms with Gasteiger partial charge < -0.3 is 10.2 Å². The van der Waals surface area contributed by atoms with E-state index < -0.39 is 23.5 Å². The van der Waals surface area contributed by atoms with E-state index in [1.807, 2.05) is 30.3 Å². The standard InChI is InChI=1S/C18H23N3O5S2/c22-15(16-19-6-9-28-16)20-14(12-13-4-2-1-3-5-13)17(23)25-26-18(24)21-7-10-27-11-8-21/h1-5,14,16,19H,6-12H2,(H,20,22)/t14-,16-/m0/s1. The van der Waals surface area contributed by atoms with Crippen molar-refractivity contribution in [1.29, 1.82) is 0 Å². The lowest BCUT2D eigenvalue weighted by molar-refractivity contribution is -0.239. The Kier molecular flexibility index (Phi) is 7.87. The van der Waals surface area contributed by atoms with Gasteiger partial charge in [0.2, 0.25) is 5.91 Å². The van der Waals surface area contributed by atoms with Gasteiger partial charge in [0.25, 0.3) is 0 Å².